The van der Waals surface area contributed by atoms with E-state index < -0.39 is 9.84 Å². The van der Waals surface area contributed by atoms with E-state index in [1.165, 1.54) is 0 Å². The van der Waals surface area contributed by atoms with Gasteiger partial charge in [0.25, 0.3) is 0 Å². The van der Waals surface area contributed by atoms with Gasteiger partial charge in [0, 0.05) is 5.54 Å². The van der Waals surface area contributed by atoms with Gasteiger partial charge < -0.3 is 5.73 Å². The van der Waals surface area contributed by atoms with Gasteiger partial charge in [-0.25, -0.2) is 8.42 Å². The molecular formula is C15H31NO2S. The first-order chi connectivity index (χ1) is 8.46. The molecule has 3 nitrogen and oxygen atoms in total. The molecule has 0 unspecified atom stereocenters. The molecule has 0 heterocycles. The normalized spacial score (nSPS) is 29.7. The molecule has 0 radical (unpaired) electrons. The van der Waals surface area contributed by atoms with Crippen LogP contribution in [0.3, 0.4) is 0 Å². The van der Waals surface area contributed by atoms with Crippen molar-refractivity contribution in [1.82, 2.24) is 0 Å². The molecule has 114 valence electrons. The fraction of sp³-hybridized carbons (Fsp3) is 1.00. The van der Waals surface area contributed by atoms with Gasteiger partial charge in [0.1, 0.15) is 0 Å². The molecule has 0 aliphatic heterocycles. The molecule has 0 atom stereocenters. The molecule has 1 rings (SSSR count). The molecular weight excluding hydrogens is 258 g/mol. The Morgan fingerprint density at radius 2 is 1.68 bits per heavy atom. The topological polar surface area (TPSA) is 60.2 Å². The van der Waals surface area contributed by atoms with Crippen molar-refractivity contribution in [3.8, 4) is 0 Å². The monoisotopic (exact) mass is 289 g/mol. The quantitative estimate of drug-likeness (QED) is 0.865. The Morgan fingerprint density at radius 1 is 1.21 bits per heavy atom. The van der Waals surface area contributed by atoms with Crippen LogP contribution >= 0.6 is 0 Å². The molecule has 0 aromatic rings. The third-order valence-electron chi connectivity index (χ3n) is 4.81. The largest absolute Gasteiger partial charge is 0.325 e. The van der Waals surface area contributed by atoms with E-state index >= 15 is 0 Å². The van der Waals surface area contributed by atoms with Crippen LogP contribution in [-0.2, 0) is 9.84 Å². The van der Waals surface area contributed by atoms with Crippen LogP contribution in [0, 0.1) is 11.3 Å². The average molecular weight is 289 g/mol. The second kappa shape index (κ2) is 5.72. The van der Waals surface area contributed by atoms with Crippen LogP contribution in [0.2, 0.25) is 0 Å². The van der Waals surface area contributed by atoms with Gasteiger partial charge in [-0.1, -0.05) is 20.8 Å². The smallest absolute Gasteiger partial charge is 0.152 e. The summed E-state index contributed by atoms with van der Waals surface area (Å²) in [4.78, 5) is 0. The van der Waals surface area contributed by atoms with Crippen LogP contribution in [0.5, 0.6) is 0 Å². The Hall–Kier alpha value is -0.0900. The SMILES string of the molecule is CC(C)S(=O)(=O)CCC1(N)CCC(C(C)(C)C)CC1. The van der Waals surface area contributed by atoms with Crippen LogP contribution < -0.4 is 5.73 Å². The summed E-state index contributed by atoms with van der Waals surface area (Å²) in [6.07, 6.45) is 4.79. The lowest BCUT2D eigenvalue weighted by Crippen LogP contribution is -2.46. The summed E-state index contributed by atoms with van der Waals surface area (Å²) in [5, 5.41) is -0.290. The van der Waals surface area contributed by atoms with Gasteiger partial charge in [-0.3, -0.25) is 0 Å². The first-order valence-corrected chi connectivity index (χ1v) is 9.18. The zero-order valence-electron chi connectivity index (χ0n) is 13.2. The number of hydrogen-bond donors (Lipinski definition) is 1. The summed E-state index contributed by atoms with van der Waals surface area (Å²) in [6, 6.07) is 0. The molecule has 0 spiro atoms. The molecule has 0 amide bonds. The molecule has 0 aromatic heterocycles. The van der Waals surface area contributed by atoms with E-state index in [4.69, 9.17) is 5.73 Å². The standard InChI is InChI=1S/C15H31NO2S/c1-12(2)19(17,18)11-10-15(16)8-6-13(7-9-15)14(3,4)5/h12-13H,6-11,16H2,1-5H3. The minimum absolute atomic E-state index is 0.237. The number of sulfone groups is 1. The maximum Gasteiger partial charge on any atom is 0.152 e. The predicted molar refractivity (Wildman–Crippen MR) is 81.9 cm³/mol. The molecule has 0 saturated heterocycles. The summed E-state index contributed by atoms with van der Waals surface area (Å²) in [6.45, 7) is 10.3. The van der Waals surface area contributed by atoms with Gasteiger partial charge in [-0.15, -0.1) is 0 Å². The van der Waals surface area contributed by atoms with Crippen LogP contribution in [0.4, 0.5) is 0 Å². The highest BCUT2D eigenvalue weighted by molar-refractivity contribution is 7.91. The number of rotatable bonds is 4. The molecule has 19 heavy (non-hydrogen) atoms. The van der Waals surface area contributed by atoms with Gasteiger partial charge >= 0.3 is 0 Å². The molecule has 0 bridgehead atoms. The van der Waals surface area contributed by atoms with Crippen molar-refractivity contribution >= 4 is 9.84 Å². The molecule has 0 aromatic carbocycles. The van der Waals surface area contributed by atoms with E-state index in [-0.39, 0.29) is 16.5 Å². The van der Waals surface area contributed by atoms with E-state index in [9.17, 15) is 8.42 Å². The van der Waals surface area contributed by atoms with E-state index in [2.05, 4.69) is 20.8 Å². The van der Waals surface area contributed by atoms with Gasteiger partial charge in [0.15, 0.2) is 9.84 Å². The molecule has 1 aliphatic rings. The van der Waals surface area contributed by atoms with E-state index in [1.54, 1.807) is 13.8 Å². The van der Waals surface area contributed by atoms with Crippen LogP contribution in [-0.4, -0.2) is 25.0 Å². The van der Waals surface area contributed by atoms with Crippen LogP contribution in [0.1, 0.15) is 66.7 Å². The minimum Gasteiger partial charge on any atom is -0.325 e. The van der Waals surface area contributed by atoms with Gasteiger partial charge in [-0.05, 0) is 57.3 Å². The maximum absolute atomic E-state index is 11.9. The summed E-state index contributed by atoms with van der Waals surface area (Å²) >= 11 is 0. The molecule has 4 heteroatoms. The van der Waals surface area contributed by atoms with Crippen molar-refractivity contribution in [3.63, 3.8) is 0 Å². The molecule has 1 aliphatic carbocycles. The Kier molecular flexibility index (Phi) is 5.11. The van der Waals surface area contributed by atoms with Gasteiger partial charge in [0.05, 0.1) is 11.0 Å². The third kappa shape index (κ3) is 4.75. The van der Waals surface area contributed by atoms with E-state index in [0.29, 0.717) is 17.8 Å². The first kappa shape index (κ1) is 17.0. The van der Waals surface area contributed by atoms with Crippen molar-refractivity contribution in [2.75, 3.05) is 5.75 Å². The zero-order valence-corrected chi connectivity index (χ0v) is 14.0. The lowest BCUT2D eigenvalue weighted by molar-refractivity contribution is 0.132. The molecule has 1 fully saturated rings. The van der Waals surface area contributed by atoms with Crippen LogP contribution in [0.15, 0.2) is 0 Å². The Balaban J connectivity index is 2.53. The fourth-order valence-corrected chi connectivity index (χ4v) is 4.05. The van der Waals surface area contributed by atoms with Crippen molar-refractivity contribution in [2.24, 2.45) is 17.1 Å². The van der Waals surface area contributed by atoms with Crippen LogP contribution in [0.25, 0.3) is 0 Å². The van der Waals surface area contributed by atoms with Crippen molar-refractivity contribution in [1.29, 1.82) is 0 Å². The highest BCUT2D eigenvalue weighted by atomic mass is 32.2. The highest BCUT2D eigenvalue weighted by Gasteiger charge is 2.36. The summed E-state index contributed by atoms with van der Waals surface area (Å²) < 4.78 is 23.8. The van der Waals surface area contributed by atoms with E-state index in [0.717, 1.165) is 25.7 Å². The summed E-state index contributed by atoms with van der Waals surface area (Å²) in [7, 11) is -2.96. The third-order valence-corrected chi connectivity index (χ3v) is 7.02. The second-order valence-corrected chi connectivity index (χ2v) is 10.3. The Morgan fingerprint density at radius 3 is 2.05 bits per heavy atom. The minimum atomic E-state index is -2.96. The Bertz CT molecular complexity index is 385. The lowest BCUT2D eigenvalue weighted by atomic mass is 9.67. The first-order valence-electron chi connectivity index (χ1n) is 7.47. The van der Waals surface area contributed by atoms with Crippen molar-refractivity contribution in [2.45, 2.75) is 77.5 Å². The zero-order chi connectivity index (χ0) is 14.9. The lowest BCUT2D eigenvalue weighted by Gasteiger charge is -2.42. The average Bonchev–Trinajstić information content (AvgIpc) is 2.26. The van der Waals surface area contributed by atoms with Gasteiger partial charge in [-0.2, -0.15) is 0 Å². The highest BCUT2D eigenvalue weighted by Crippen LogP contribution is 2.41. The maximum atomic E-state index is 11.9. The van der Waals surface area contributed by atoms with Crippen molar-refractivity contribution in [3.05, 3.63) is 0 Å². The molecule has 2 N–H and O–H groups in total. The van der Waals surface area contributed by atoms with Crippen molar-refractivity contribution < 1.29 is 8.42 Å². The number of nitrogens with two attached hydrogens (primary N) is 1. The van der Waals surface area contributed by atoms with E-state index in [1.807, 2.05) is 0 Å². The fourth-order valence-electron chi connectivity index (χ4n) is 2.89. The Labute approximate surface area is 119 Å². The summed E-state index contributed by atoms with van der Waals surface area (Å²) in [5.74, 6) is 0.951. The second-order valence-electron chi connectivity index (χ2n) is 7.67. The van der Waals surface area contributed by atoms with Gasteiger partial charge in [0.2, 0.25) is 0 Å². The number of hydrogen-bond acceptors (Lipinski definition) is 3. The molecule has 1 saturated carbocycles. The predicted octanol–water partition coefficient (Wildman–Crippen LogP) is 3.13. The summed E-state index contributed by atoms with van der Waals surface area (Å²) in [5.41, 5.74) is 6.49.